The number of aliphatic hydroxyl groups is 2. The van der Waals surface area contributed by atoms with Crippen LogP contribution in [0.2, 0.25) is 0 Å². The molecule has 1 aromatic heterocycles. The van der Waals surface area contributed by atoms with E-state index in [2.05, 4.69) is 10.1 Å². The lowest BCUT2D eigenvalue weighted by molar-refractivity contribution is -0.133. The van der Waals surface area contributed by atoms with Crippen LogP contribution in [0.4, 0.5) is 5.95 Å². The standard InChI is InChI=1S/C8H15N5O3/c9-8-10-6-13(11-8)5-7(16)12(1-3-14)2-4-15/h6,14-15H,1-5H2,(H2,9,11). The molecular formula is C8H15N5O3. The van der Waals surface area contributed by atoms with Gasteiger partial charge in [0.2, 0.25) is 11.9 Å². The van der Waals surface area contributed by atoms with Crippen molar-refractivity contribution >= 4 is 11.9 Å². The van der Waals surface area contributed by atoms with Crippen molar-refractivity contribution in [3.05, 3.63) is 6.33 Å². The van der Waals surface area contributed by atoms with Crippen LogP contribution in [0.15, 0.2) is 6.33 Å². The number of nitrogens with zero attached hydrogens (tertiary/aromatic N) is 4. The first-order valence-corrected chi connectivity index (χ1v) is 4.81. The van der Waals surface area contributed by atoms with E-state index in [-0.39, 0.29) is 44.7 Å². The number of carbonyl (C=O) groups is 1. The molecule has 0 aliphatic heterocycles. The molecule has 1 heterocycles. The third-order valence-corrected chi connectivity index (χ3v) is 1.94. The number of aliphatic hydroxyl groups excluding tert-OH is 2. The van der Waals surface area contributed by atoms with Crippen molar-refractivity contribution in [2.45, 2.75) is 6.54 Å². The third kappa shape index (κ3) is 3.48. The van der Waals surface area contributed by atoms with Gasteiger partial charge in [0.05, 0.1) is 13.2 Å². The SMILES string of the molecule is Nc1ncn(CC(=O)N(CCO)CCO)n1. The number of anilines is 1. The lowest BCUT2D eigenvalue weighted by Crippen LogP contribution is -2.38. The van der Waals surface area contributed by atoms with Gasteiger partial charge in [-0.2, -0.15) is 0 Å². The molecule has 0 aliphatic carbocycles. The molecule has 90 valence electrons. The molecule has 0 aliphatic rings. The number of hydrogen-bond acceptors (Lipinski definition) is 6. The number of aromatic nitrogens is 3. The third-order valence-electron chi connectivity index (χ3n) is 1.94. The van der Waals surface area contributed by atoms with Crippen molar-refractivity contribution < 1.29 is 15.0 Å². The van der Waals surface area contributed by atoms with Crippen molar-refractivity contribution in [1.82, 2.24) is 19.7 Å². The summed E-state index contributed by atoms with van der Waals surface area (Å²) in [6.07, 6.45) is 1.35. The Bertz CT molecular complexity index is 334. The summed E-state index contributed by atoms with van der Waals surface area (Å²) in [4.78, 5) is 16.7. The first-order chi connectivity index (χ1) is 7.67. The predicted octanol–water partition coefficient (Wildman–Crippen LogP) is -2.33. The number of nitrogens with two attached hydrogens (primary N) is 1. The quantitative estimate of drug-likeness (QED) is 0.503. The van der Waals surface area contributed by atoms with E-state index in [1.165, 1.54) is 15.9 Å². The van der Waals surface area contributed by atoms with Gasteiger partial charge in [-0.05, 0) is 0 Å². The summed E-state index contributed by atoms with van der Waals surface area (Å²) in [7, 11) is 0. The minimum absolute atomic E-state index is 0.00972. The molecule has 0 unspecified atom stereocenters. The molecule has 0 atom stereocenters. The minimum atomic E-state index is -0.256. The molecule has 0 bridgehead atoms. The highest BCUT2D eigenvalue weighted by molar-refractivity contribution is 5.75. The Morgan fingerprint density at radius 1 is 1.44 bits per heavy atom. The average Bonchev–Trinajstić information content (AvgIpc) is 2.63. The van der Waals surface area contributed by atoms with Crippen LogP contribution in [0.25, 0.3) is 0 Å². The maximum atomic E-state index is 11.7. The largest absolute Gasteiger partial charge is 0.395 e. The van der Waals surface area contributed by atoms with Crippen molar-refractivity contribution in [2.75, 3.05) is 32.0 Å². The summed E-state index contributed by atoms with van der Waals surface area (Å²) in [5, 5.41) is 21.3. The second-order valence-electron chi connectivity index (χ2n) is 3.13. The van der Waals surface area contributed by atoms with Crippen LogP contribution >= 0.6 is 0 Å². The predicted molar refractivity (Wildman–Crippen MR) is 55.2 cm³/mol. The van der Waals surface area contributed by atoms with Gasteiger partial charge in [-0.25, -0.2) is 9.67 Å². The van der Waals surface area contributed by atoms with Gasteiger partial charge >= 0.3 is 0 Å². The highest BCUT2D eigenvalue weighted by Crippen LogP contribution is 1.95. The van der Waals surface area contributed by atoms with Crippen molar-refractivity contribution in [3.63, 3.8) is 0 Å². The summed E-state index contributed by atoms with van der Waals surface area (Å²) in [6.45, 7) is 0.0633. The lowest BCUT2D eigenvalue weighted by atomic mass is 10.4. The van der Waals surface area contributed by atoms with E-state index in [0.717, 1.165) is 0 Å². The number of carbonyl (C=O) groups excluding carboxylic acids is 1. The Morgan fingerprint density at radius 2 is 2.06 bits per heavy atom. The molecule has 16 heavy (non-hydrogen) atoms. The van der Waals surface area contributed by atoms with E-state index >= 15 is 0 Å². The Labute approximate surface area is 92.3 Å². The Balaban J connectivity index is 2.54. The normalized spacial score (nSPS) is 10.4. The molecule has 8 nitrogen and oxygen atoms in total. The fourth-order valence-corrected chi connectivity index (χ4v) is 1.23. The molecule has 0 aromatic carbocycles. The summed E-state index contributed by atoms with van der Waals surface area (Å²) in [6, 6.07) is 0. The Hall–Kier alpha value is -1.67. The Kier molecular flexibility index (Phi) is 4.67. The van der Waals surface area contributed by atoms with E-state index < -0.39 is 0 Å². The molecule has 1 amide bonds. The fraction of sp³-hybridized carbons (Fsp3) is 0.625. The van der Waals surface area contributed by atoms with E-state index in [9.17, 15) is 4.79 Å². The van der Waals surface area contributed by atoms with Gasteiger partial charge in [0, 0.05) is 13.1 Å². The lowest BCUT2D eigenvalue weighted by Gasteiger charge is -2.20. The molecule has 1 rings (SSSR count). The smallest absolute Gasteiger partial charge is 0.244 e. The van der Waals surface area contributed by atoms with Gasteiger partial charge in [0.1, 0.15) is 12.9 Å². The zero-order chi connectivity index (χ0) is 12.0. The zero-order valence-electron chi connectivity index (χ0n) is 8.78. The van der Waals surface area contributed by atoms with Gasteiger partial charge in [0.15, 0.2) is 0 Å². The van der Waals surface area contributed by atoms with E-state index in [1.807, 2.05) is 0 Å². The average molecular weight is 229 g/mol. The summed E-state index contributed by atoms with van der Waals surface area (Å²) in [5.74, 6) is -0.156. The number of hydrogen-bond donors (Lipinski definition) is 3. The van der Waals surface area contributed by atoms with Crippen LogP contribution < -0.4 is 5.73 Å². The maximum absolute atomic E-state index is 11.7. The topological polar surface area (TPSA) is 118 Å². The van der Waals surface area contributed by atoms with Crippen LogP contribution in [0.3, 0.4) is 0 Å². The van der Waals surface area contributed by atoms with Gasteiger partial charge in [-0.1, -0.05) is 0 Å². The van der Waals surface area contributed by atoms with Crippen LogP contribution in [-0.2, 0) is 11.3 Å². The monoisotopic (exact) mass is 229 g/mol. The number of rotatable bonds is 6. The summed E-state index contributed by atoms with van der Waals surface area (Å²) >= 11 is 0. The van der Waals surface area contributed by atoms with Gasteiger partial charge in [-0.15, -0.1) is 5.10 Å². The Morgan fingerprint density at radius 3 is 2.50 bits per heavy atom. The van der Waals surface area contributed by atoms with Gasteiger partial charge in [0.25, 0.3) is 0 Å². The van der Waals surface area contributed by atoms with E-state index in [0.29, 0.717) is 0 Å². The van der Waals surface area contributed by atoms with Crippen molar-refractivity contribution in [1.29, 1.82) is 0 Å². The van der Waals surface area contributed by atoms with Crippen molar-refractivity contribution in [3.8, 4) is 0 Å². The highest BCUT2D eigenvalue weighted by atomic mass is 16.3. The molecule has 0 spiro atoms. The maximum Gasteiger partial charge on any atom is 0.244 e. The molecule has 0 saturated carbocycles. The van der Waals surface area contributed by atoms with E-state index in [1.54, 1.807) is 0 Å². The van der Waals surface area contributed by atoms with Crippen LogP contribution in [0.1, 0.15) is 0 Å². The molecule has 0 saturated heterocycles. The highest BCUT2D eigenvalue weighted by Gasteiger charge is 2.13. The van der Waals surface area contributed by atoms with Crippen LogP contribution in [-0.4, -0.2) is 62.1 Å². The first-order valence-electron chi connectivity index (χ1n) is 4.81. The van der Waals surface area contributed by atoms with Crippen LogP contribution in [0.5, 0.6) is 0 Å². The summed E-state index contributed by atoms with van der Waals surface area (Å²) < 4.78 is 1.30. The molecular weight excluding hydrogens is 214 g/mol. The molecule has 4 N–H and O–H groups in total. The second kappa shape index (κ2) is 6.03. The minimum Gasteiger partial charge on any atom is -0.395 e. The number of amides is 1. The van der Waals surface area contributed by atoms with Crippen LogP contribution in [0, 0.1) is 0 Å². The van der Waals surface area contributed by atoms with Gasteiger partial charge in [-0.3, -0.25) is 4.79 Å². The van der Waals surface area contributed by atoms with E-state index in [4.69, 9.17) is 15.9 Å². The molecule has 8 heteroatoms. The molecule has 1 aromatic rings. The fourth-order valence-electron chi connectivity index (χ4n) is 1.23. The van der Waals surface area contributed by atoms with Gasteiger partial charge < -0.3 is 20.8 Å². The molecule has 0 fully saturated rings. The first kappa shape index (κ1) is 12.4. The van der Waals surface area contributed by atoms with Crippen molar-refractivity contribution in [2.24, 2.45) is 0 Å². The molecule has 0 radical (unpaired) electrons. The number of nitrogen functional groups attached to an aromatic ring is 1. The zero-order valence-corrected chi connectivity index (χ0v) is 8.78. The summed E-state index contributed by atoms with van der Waals surface area (Å²) in [5.41, 5.74) is 5.30. The second-order valence-corrected chi connectivity index (χ2v) is 3.13.